The highest BCUT2D eigenvalue weighted by atomic mass is 35.5. The third-order valence-corrected chi connectivity index (χ3v) is 1.79. The third kappa shape index (κ3) is 5.16. The second kappa shape index (κ2) is 7.14. The van der Waals surface area contributed by atoms with Crippen LogP contribution in [0.2, 0.25) is 5.02 Å². The number of aryl methyl sites for hydroxylation is 1. The zero-order valence-electron chi connectivity index (χ0n) is 7.80. The van der Waals surface area contributed by atoms with Gasteiger partial charge in [-0.2, -0.15) is 0 Å². The Hall–Kier alpha value is -0.530. The van der Waals surface area contributed by atoms with Crippen LogP contribution in [0.25, 0.3) is 0 Å². The molecule has 0 saturated heterocycles. The molecule has 1 rings (SSSR count). The van der Waals surface area contributed by atoms with Gasteiger partial charge in [-0.1, -0.05) is 29.8 Å². The van der Waals surface area contributed by atoms with E-state index in [1.807, 2.05) is 38.1 Å². The molecule has 0 bridgehead atoms. The molecule has 0 amide bonds. The minimum absolute atomic E-state index is 0.819. The van der Waals surface area contributed by atoms with Gasteiger partial charge in [-0.25, -0.2) is 0 Å². The molecule has 12 heavy (non-hydrogen) atoms. The molecule has 0 radical (unpaired) electrons. The molecule has 0 saturated carbocycles. The summed E-state index contributed by atoms with van der Waals surface area (Å²) in [4.78, 5) is 0. The fourth-order valence-electron chi connectivity index (χ4n) is 0.551. The number of benzene rings is 1. The van der Waals surface area contributed by atoms with Crippen LogP contribution in [-0.4, -0.2) is 13.7 Å². The van der Waals surface area contributed by atoms with E-state index in [9.17, 15) is 0 Å². The van der Waals surface area contributed by atoms with Gasteiger partial charge in [0.15, 0.2) is 0 Å². The molecule has 1 aromatic carbocycles. The molecule has 0 fully saturated rings. The number of ether oxygens (including phenoxy) is 1. The zero-order chi connectivity index (χ0) is 9.40. The Bertz CT molecular complexity index is 188. The van der Waals surface area contributed by atoms with Crippen molar-refractivity contribution >= 4 is 11.6 Å². The Morgan fingerprint density at radius 1 is 1.33 bits per heavy atom. The first-order chi connectivity index (χ1) is 5.72. The summed E-state index contributed by atoms with van der Waals surface area (Å²) in [6.07, 6.45) is 0. The molecule has 0 N–H and O–H groups in total. The van der Waals surface area contributed by atoms with Crippen LogP contribution in [-0.2, 0) is 4.74 Å². The number of hydrogen-bond donors (Lipinski definition) is 0. The minimum atomic E-state index is 0.819. The van der Waals surface area contributed by atoms with Gasteiger partial charge in [-0.3, -0.25) is 0 Å². The van der Waals surface area contributed by atoms with E-state index in [4.69, 9.17) is 11.6 Å². The molecule has 0 aliphatic heterocycles. The van der Waals surface area contributed by atoms with Crippen molar-refractivity contribution in [2.45, 2.75) is 13.8 Å². The second-order valence-corrected chi connectivity index (χ2v) is 2.73. The first-order valence-electron chi connectivity index (χ1n) is 3.92. The fourth-order valence-corrected chi connectivity index (χ4v) is 0.687. The molecule has 0 aliphatic carbocycles. The highest BCUT2D eigenvalue weighted by Crippen LogP contribution is 2.11. The van der Waals surface area contributed by atoms with Gasteiger partial charge >= 0.3 is 0 Å². The van der Waals surface area contributed by atoms with Crippen LogP contribution >= 0.6 is 11.6 Å². The van der Waals surface area contributed by atoms with Crippen LogP contribution in [0, 0.1) is 6.92 Å². The number of halogens is 1. The Balaban J connectivity index is 0.000000261. The maximum Gasteiger partial charge on any atom is 0.0435 e. The molecule has 0 unspecified atom stereocenters. The summed E-state index contributed by atoms with van der Waals surface area (Å²) < 4.78 is 4.54. The van der Waals surface area contributed by atoms with Gasteiger partial charge in [-0.15, -0.1) is 0 Å². The van der Waals surface area contributed by atoms with E-state index in [0.29, 0.717) is 0 Å². The van der Waals surface area contributed by atoms with E-state index in [1.165, 1.54) is 0 Å². The average molecular weight is 187 g/mol. The van der Waals surface area contributed by atoms with Gasteiger partial charge in [0.2, 0.25) is 0 Å². The largest absolute Gasteiger partial charge is 0.385 e. The predicted molar refractivity (Wildman–Crippen MR) is 53.7 cm³/mol. The summed E-state index contributed by atoms with van der Waals surface area (Å²) in [6.45, 7) is 4.77. The summed E-state index contributed by atoms with van der Waals surface area (Å²) in [6, 6.07) is 7.77. The van der Waals surface area contributed by atoms with E-state index in [2.05, 4.69) is 4.74 Å². The van der Waals surface area contributed by atoms with Crippen molar-refractivity contribution in [3.8, 4) is 0 Å². The lowest BCUT2D eigenvalue weighted by molar-refractivity contribution is 0.215. The van der Waals surface area contributed by atoms with Crippen molar-refractivity contribution in [1.82, 2.24) is 0 Å². The topological polar surface area (TPSA) is 9.23 Å². The molecule has 0 spiro atoms. The van der Waals surface area contributed by atoms with Crippen molar-refractivity contribution in [1.29, 1.82) is 0 Å². The Labute approximate surface area is 79.3 Å². The van der Waals surface area contributed by atoms with E-state index < -0.39 is 0 Å². The van der Waals surface area contributed by atoms with E-state index in [0.717, 1.165) is 17.2 Å². The maximum atomic E-state index is 5.71. The maximum absolute atomic E-state index is 5.71. The van der Waals surface area contributed by atoms with Crippen molar-refractivity contribution in [3.05, 3.63) is 34.9 Å². The molecule has 0 aliphatic rings. The van der Waals surface area contributed by atoms with Crippen LogP contribution in [0.1, 0.15) is 12.5 Å². The second-order valence-electron chi connectivity index (χ2n) is 2.33. The zero-order valence-corrected chi connectivity index (χ0v) is 8.56. The molecular weight excluding hydrogens is 172 g/mol. The molecule has 1 aromatic rings. The van der Waals surface area contributed by atoms with Crippen molar-refractivity contribution < 1.29 is 4.74 Å². The molecular formula is C10H15ClO. The van der Waals surface area contributed by atoms with Crippen LogP contribution in [0.15, 0.2) is 24.3 Å². The van der Waals surface area contributed by atoms with E-state index in [1.54, 1.807) is 7.11 Å². The normalized spacial score (nSPS) is 8.67. The fraction of sp³-hybridized carbons (Fsp3) is 0.400. The standard InChI is InChI=1S/C7H7Cl.C3H8O/c1-6-4-2-3-5-7(6)8;1-3-4-2/h2-5H,1H3;3H2,1-2H3. The lowest BCUT2D eigenvalue weighted by Crippen LogP contribution is -1.73. The molecule has 0 atom stereocenters. The van der Waals surface area contributed by atoms with E-state index in [-0.39, 0.29) is 0 Å². The quantitative estimate of drug-likeness (QED) is 0.654. The van der Waals surface area contributed by atoms with Crippen molar-refractivity contribution in [3.63, 3.8) is 0 Å². The molecule has 2 heteroatoms. The van der Waals surface area contributed by atoms with Gasteiger partial charge in [0.1, 0.15) is 0 Å². The van der Waals surface area contributed by atoms with Crippen molar-refractivity contribution in [2.24, 2.45) is 0 Å². The lowest BCUT2D eigenvalue weighted by Gasteiger charge is -1.90. The van der Waals surface area contributed by atoms with Gasteiger partial charge in [0, 0.05) is 18.7 Å². The summed E-state index contributed by atoms with van der Waals surface area (Å²) in [7, 11) is 1.68. The highest BCUT2D eigenvalue weighted by Gasteiger charge is 1.86. The highest BCUT2D eigenvalue weighted by molar-refractivity contribution is 6.31. The molecule has 1 nitrogen and oxygen atoms in total. The first kappa shape index (κ1) is 11.5. The van der Waals surface area contributed by atoms with E-state index >= 15 is 0 Å². The Morgan fingerprint density at radius 2 is 1.83 bits per heavy atom. The van der Waals surface area contributed by atoms with Gasteiger partial charge in [0.05, 0.1) is 0 Å². The van der Waals surface area contributed by atoms with Gasteiger partial charge in [-0.05, 0) is 25.5 Å². The molecule has 68 valence electrons. The third-order valence-electron chi connectivity index (χ3n) is 1.37. The lowest BCUT2D eigenvalue weighted by atomic mass is 10.2. The van der Waals surface area contributed by atoms with Gasteiger partial charge < -0.3 is 4.74 Å². The predicted octanol–water partition coefficient (Wildman–Crippen LogP) is 3.30. The van der Waals surface area contributed by atoms with Crippen LogP contribution in [0.4, 0.5) is 0 Å². The minimum Gasteiger partial charge on any atom is -0.385 e. The van der Waals surface area contributed by atoms with Crippen molar-refractivity contribution in [2.75, 3.05) is 13.7 Å². The summed E-state index contributed by atoms with van der Waals surface area (Å²) >= 11 is 5.71. The number of rotatable bonds is 1. The monoisotopic (exact) mass is 186 g/mol. The summed E-state index contributed by atoms with van der Waals surface area (Å²) in [5, 5.41) is 0.840. The van der Waals surface area contributed by atoms with Gasteiger partial charge in [0.25, 0.3) is 0 Å². The van der Waals surface area contributed by atoms with Crippen LogP contribution in [0.3, 0.4) is 0 Å². The number of hydrogen-bond acceptors (Lipinski definition) is 1. The molecule has 0 heterocycles. The summed E-state index contributed by atoms with van der Waals surface area (Å²) in [5.74, 6) is 0. The molecule has 0 aromatic heterocycles. The van der Waals surface area contributed by atoms with Crippen LogP contribution in [0.5, 0.6) is 0 Å². The SMILES string of the molecule is CCOC.Cc1ccccc1Cl. The Morgan fingerprint density at radius 3 is 2.08 bits per heavy atom. The Kier molecular flexibility index (Phi) is 6.82. The summed E-state index contributed by atoms with van der Waals surface area (Å²) in [5.41, 5.74) is 1.13. The average Bonchev–Trinajstić information content (AvgIpc) is 2.11. The smallest absolute Gasteiger partial charge is 0.0435 e. The van der Waals surface area contributed by atoms with Crippen LogP contribution < -0.4 is 0 Å². The number of methoxy groups -OCH3 is 1. The first-order valence-corrected chi connectivity index (χ1v) is 4.30.